The number of rotatable bonds is 8. The molecule has 4 heteroatoms. The summed E-state index contributed by atoms with van der Waals surface area (Å²) in [6.45, 7) is 13.0. The third-order valence-corrected chi connectivity index (χ3v) is 5.15. The van der Waals surface area contributed by atoms with E-state index in [1.54, 1.807) is 11.8 Å². The fourth-order valence-corrected chi connectivity index (χ4v) is 3.51. The molecule has 1 N–H and O–H groups in total. The Balaban J connectivity index is 2.09. The van der Waals surface area contributed by atoms with E-state index in [-0.39, 0.29) is 18.2 Å². The van der Waals surface area contributed by atoms with Crippen molar-refractivity contribution in [1.29, 1.82) is 0 Å². The highest BCUT2D eigenvalue weighted by molar-refractivity contribution is 5.93. The highest BCUT2D eigenvalue weighted by Crippen LogP contribution is 2.32. The summed E-state index contributed by atoms with van der Waals surface area (Å²) in [5, 5.41) is 3.13. The van der Waals surface area contributed by atoms with E-state index in [1.165, 1.54) is 0 Å². The lowest BCUT2D eigenvalue weighted by Crippen LogP contribution is -2.31. The molecule has 156 valence electrons. The molecule has 29 heavy (non-hydrogen) atoms. The third-order valence-electron chi connectivity index (χ3n) is 5.15. The van der Waals surface area contributed by atoms with Gasteiger partial charge in [-0.1, -0.05) is 75.7 Å². The van der Waals surface area contributed by atoms with E-state index in [0.29, 0.717) is 24.9 Å². The van der Waals surface area contributed by atoms with Crippen LogP contribution in [0.3, 0.4) is 0 Å². The van der Waals surface area contributed by atoms with Crippen molar-refractivity contribution in [2.45, 2.75) is 66.3 Å². The summed E-state index contributed by atoms with van der Waals surface area (Å²) in [5.41, 5.74) is 5.46. The number of anilines is 1. The van der Waals surface area contributed by atoms with E-state index in [2.05, 4.69) is 57.3 Å². The van der Waals surface area contributed by atoms with Crippen molar-refractivity contribution in [3.05, 3.63) is 64.7 Å². The van der Waals surface area contributed by atoms with Crippen molar-refractivity contribution < 1.29 is 9.59 Å². The van der Waals surface area contributed by atoms with E-state index in [1.807, 2.05) is 25.1 Å². The number of nitrogens with one attached hydrogen (secondary N) is 1. The van der Waals surface area contributed by atoms with Gasteiger partial charge in [0.15, 0.2) is 0 Å². The van der Waals surface area contributed by atoms with Gasteiger partial charge in [0.1, 0.15) is 0 Å². The number of amides is 2. The SMILES string of the molecule is CC(=O)N(CCC(=O)Nc1c(C(C)C)cccc1C(C)C)Cc1cccc(C)c1. The summed E-state index contributed by atoms with van der Waals surface area (Å²) in [4.78, 5) is 26.6. The number of aryl methyl sites for hydroxylation is 1. The Hall–Kier alpha value is -2.62. The molecule has 0 aliphatic heterocycles. The molecule has 0 heterocycles. The molecule has 0 aliphatic rings. The van der Waals surface area contributed by atoms with Crippen LogP contribution in [0.15, 0.2) is 42.5 Å². The molecular formula is C25H34N2O2. The van der Waals surface area contributed by atoms with Gasteiger partial charge in [0.2, 0.25) is 11.8 Å². The van der Waals surface area contributed by atoms with Crippen molar-refractivity contribution in [2.24, 2.45) is 0 Å². The average Bonchev–Trinajstić information content (AvgIpc) is 2.64. The standard InChI is InChI=1S/C25H34N2O2/c1-17(2)22-11-8-12-23(18(3)4)25(22)26-24(29)13-14-27(20(6)28)16-21-10-7-9-19(5)15-21/h7-12,15,17-18H,13-14,16H2,1-6H3,(H,26,29). The van der Waals surface area contributed by atoms with Gasteiger partial charge < -0.3 is 10.2 Å². The van der Waals surface area contributed by atoms with Crippen molar-refractivity contribution >= 4 is 17.5 Å². The Morgan fingerprint density at radius 2 is 1.55 bits per heavy atom. The lowest BCUT2D eigenvalue weighted by Gasteiger charge is -2.23. The van der Waals surface area contributed by atoms with E-state index in [9.17, 15) is 9.59 Å². The topological polar surface area (TPSA) is 49.4 Å². The number of carbonyl (C=O) groups excluding carboxylic acids is 2. The minimum absolute atomic E-state index is 0.0234. The van der Waals surface area contributed by atoms with E-state index in [0.717, 1.165) is 27.9 Å². The van der Waals surface area contributed by atoms with Crippen molar-refractivity contribution in [3.63, 3.8) is 0 Å². The molecule has 2 rings (SSSR count). The van der Waals surface area contributed by atoms with E-state index >= 15 is 0 Å². The second kappa shape index (κ2) is 10.2. The Morgan fingerprint density at radius 1 is 0.966 bits per heavy atom. The number of carbonyl (C=O) groups is 2. The summed E-state index contributed by atoms with van der Waals surface area (Å²) in [7, 11) is 0. The van der Waals surface area contributed by atoms with Crippen molar-refractivity contribution in [1.82, 2.24) is 4.90 Å². The molecule has 0 bridgehead atoms. The molecule has 4 nitrogen and oxygen atoms in total. The highest BCUT2D eigenvalue weighted by Gasteiger charge is 2.17. The molecule has 2 aromatic carbocycles. The third kappa shape index (κ3) is 6.45. The molecule has 0 unspecified atom stereocenters. The second-order valence-corrected chi connectivity index (χ2v) is 8.35. The fourth-order valence-electron chi connectivity index (χ4n) is 3.51. The van der Waals surface area contributed by atoms with Crippen LogP contribution >= 0.6 is 0 Å². The van der Waals surface area contributed by atoms with Crippen LogP contribution in [-0.4, -0.2) is 23.3 Å². The zero-order valence-corrected chi connectivity index (χ0v) is 18.6. The average molecular weight is 395 g/mol. The maximum atomic E-state index is 12.7. The molecule has 0 atom stereocenters. The van der Waals surface area contributed by atoms with Crippen molar-refractivity contribution in [2.75, 3.05) is 11.9 Å². The molecule has 0 saturated carbocycles. The zero-order valence-electron chi connectivity index (χ0n) is 18.6. The van der Waals surface area contributed by atoms with Gasteiger partial charge in [-0.25, -0.2) is 0 Å². The first-order valence-electron chi connectivity index (χ1n) is 10.4. The fraction of sp³-hybridized carbons (Fsp3) is 0.440. The Labute approximate surface area is 175 Å². The number of hydrogen-bond donors (Lipinski definition) is 1. The van der Waals surface area contributed by atoms with E-state index in [4.69, 9.17) is 0 Å². The van der Waals surface area contributed by atoms with Gasteiger partial charge in [0.25, 0.3) is 0 Å². The first-order chi connectivity index (χ1) is 13.7. The molecule has 0 radical (unpaired) electrons. The van der Waals surface area contributed by atoms with E-state index < -0.39 is 0 Å². The molecule has 2 aromatic rings. The van der Waals surface area contributed by atoms with Crippen LogP contribution in [0.2, 0.25) is 0 Å². The molecule has 0 aromatic heterocycles. The number of nitrogens with zero attached hydrogens (tertiary/aromatic N) is 1. The van der Waals surface area contributed by atoms with Crippen LogP contribution in [0.5, 0.6) is 0 Å². The second-order valence-electron chi connectivity index (χ2n) is 8.35. The summed E-state index contributed by atoms with van der Waals surface area (Å²) in [6, 6.07) is 14.3. The Bertz CT molecular complexity index is 829. The van der Waals surface area contributed by atoms with Crippen LogP contribution in [0, 0.1) is 6.92 Å². The normalized spacial score (nSPS) is 11.0. The quantitative estimate of drug-likeness (QED) is 0.632. The van der Waals surface area contributed by atoms with Crippen LogP contribution in [0.1, 0.15) is 75.1 Å². The Morgan fingerprint density at radius 3 is 2.07 bits per heavy atom. The Kier molecular flexibility index (Phi) is 8.00. The predicted molar refractivity (Wildman–Crippen MR) is 120 cm³/mol. The summed E-state index contributed by atoms with van der Waals surface area (Å²) < 4.78 is 0. The van der Waals surface area contributed by atoms with Gasteiger partial charge >= 0.3 is 0 Å². The summed E-state index contributed by atoms with van der Waals surface area (Å²) in [6.07, 6.45) is 0.273. The van der Waals surface area contributed by atoms with Gasteiger partial charge in [-0.05, 0) is 35.4 Å². The molecule has 0 fully saturated rings. The van der Waals surface area contributed by atoms with Gasteiger partial charge in [0.05, 0.1) is 0 Å². The molecular weight excluding hydrogens is 360 g/mol. The maximum Gasteiger partial charge on any atom is 0.226 e. The predicted octanol–water partition coefficient (Wildman–Crippen LogP) is 5.62. The zero-order chi connectivity index (χ0) is 21.6. The van der Waals surface area contributed by atoms with Gasteiger partial charge in [-0.3, -0.25) is 9.59 Å². The summed E-state index contributed by atoms with van der Waals surface area (Å²) in [5.74, 6) is 0.554. The van der Waals surface area contributed by atoms with Crippen molar-refractivity contribution in [3.8, 4) is 0 Å². The van der Waals surface area contributed by atoms with Crippen LogP contribution < -0.4 is 5.32 Å². The minimum atomic E-state index is -0.0597. The minimum Gasteiger partial charge on any atom is -0.338 e. The van der Waals surface area contributed by atoms with Crippen LogP contribution in [-0.2, 0) is 16.1 Å². The molecule has 0 spiro atoms. The van der Waals surface area contributed by atoms with Gasteiger partial charge in [0, 0.05) is 32.1 Å². The number of hydrogen-bond acceptors (Lipinski definition) is 2. The van der Waals surface area contributed by atoms with Crippen LogP contribution in [0.25, 0.3) is 0 Å². The lowest BCUT2D eigenvalue weighted by atomic mass is 9.92. The summed E-state index contributed by atoms with van der Waals surface area (Å²) >= 11 is 0. The maximum absolute atomic E-state index is 12.7. The van der Waals surface area contributed by atoms with Gasteiger partial charge in [-0.2, -0.15) is 0 Å². The number of para-hydroxylation sites is 1. The lowest BCUT2D eigenvalue weighted by molar-refractivity contribution is -0.129. The largest absolute Gasteiger partial charge is 0.338 e. The molecule has 0 saturated heterocycles. The monoisotopic (exact) mass is 394 g/mol. The number of benzene rings is 2. The van der Waals surface area contributed by atoms with Crippen LogP contribution in [0.4, 0.5) is 5.69 Å². The molecule has 0 aliphatic carbocycles. The first-order valence-corrected chi connectivity index (χ1v) is 10.4. The molecule has 2 amide bonds. The van der Waals surface area contributed by atoms with Gasteiger partial charge in [-0.15, -0.1) is 0 Å². The highest BCUT2D eigenvalue weighted by atomic mass is 16.2. The smallest absolute Gasteiger partial charge is 0.226 e. The first kappa shape index (κ1) is 22.7.